The molecule has 2 aromatic carbocycles. The van der Waals surface area contributed by atoms with Gasteiger partial charge in [0.05, 0.1) is 24.3 Å². The van der Waals surface area contributed by atoms with Crippen LogP contribution in [-0.4, -0.2) is 35.7 Å². The van der Waals surface area contributed by atoms with Crippen LogP contribution in [0.15, 0.2) is 48.5 Å². The van der Waals surface area contributed by atoms with Crippen molar-refractivity contribution in [2.24, 2.45) is 0 Å². The summed E-state index contributed by atoms with van der Waals surface area (Å²) in [4.78, 5) is 15.0. The molecule has 2 aliphatic heterocycles. The fourth-order valence-corrected chi connectivity index (χ4v) is 3.84. The van der Waals surface area contributed by atoms with Crippen LogP contribution in [0.4, 0.5) is 0 Å². The largest absolute Gasteiger partial charge is 0.485 e. The van der Waals surface area contributed by atoms with Crippen molar-refractivity contribution in [3.8, 4) is 11.8 Å². The second-order valence-electron chi connectivity index (χ2n) is 7.17. The normalized spacial score (nSPS) is 23.2. The monoisotopic (exact) mass is 348 g/mol. The molecule has 5 nitrogen and oxygen atoms in total. The van der Waals surface area contributed by atoms with E-state index in [1.54, 1.807) is 6.07 Å². The van der Waals surface area contributed by atoms with Gasteiger partial charge in [0.25, 0.3) is 5.91 Å². The van der Waals surface area contributed by atoms with Gasteiger partial charge in [0.2, 0.25) is 0 Å². The summed E-state index contributed by atoms with van der Waals surface area (Å²) in [6.45, 7) is 4.91. The van der Waals surface area contributed by atoms with Gasteiger partial charge in [-0.15, -0.1) is 0 Å². The number of benzene rings is 2. The molecule has 0 saturated carbocycles. The van der Waals surface area contributed by atoms with Crippen LogP contribution in [0.2, 0.25) is 0 Å². The lowest BCUT2D eigenvalue weighted by Gasteiger charge is -2.51. The van der Waals surface area contributed by atoms with Gasteiger partial charge in [-0.2, -0.15) is 5.26 Å². The highest BCUT2D eigenvalue weighted by molar-refractivity contribution is 5.94. The third-order valence-corrected chi connectivity index (χ3v) is 5.05. The lowest BCUT2D eigenvalue weighted by atomic mass is 9.83. The van der Waals surface area contributed by atoms with Gasteiger partial charge in [-0.1, -0.05) is 18.2 Å². The van der Waals surface area contributed by atoms with Crippen LogP contribution in [0.1, 0.15) is 41.4 Å². The zero-order chi connectivity index (χ0) is 18.3. The Morgan fingerprint density at radius 3 is 2.73 bits per heavy atom. The summed E-state index contributed by atoms with van der Waals surface area (Å²) in [5.41, 5.74) is 1.44. The number of nitriles is 1. The van der Waals surface area contributed by atoms with Gasteiger partial charge < -0.3 is 14.4 Å². The first-order valence-corrected chi connectivity index (χ1v) is 8.72. The topological polar surface area (TPSA) is 62.6 Å². The summed E-state index contributed by atoms with van der Waals surface area (Å²) >= 11 is 0. The Morgan fingerprint density at radius 1 is 1.23 bits per heavy atom. The Morgan fingerprint density at radius 2 is 2.00 bits per heavy atom. The van der Waals surface area contributed by atoms with Crippen LogP contribution in [-0.2, 0) is 4.74 Å². The first kappa shape index (κ1) is 16.6. The average molecular weight is 348 g/mol. The second-order valence-corrected chi connectivity index (χ2v) is 7.17. The number of ether oxygens (including phenoxy) is 2. The van der Waals surface area contributed by atoms with Gasteiger partial charge in [-0.3, -0.25) is 4.79 Å². The predicted octanol–water partition coefficient (Wildman–Crippen LogP) is 3.31. The third-order valence-electron chi connectivity index (χ3n) is 5.05. The lowest BCUT2D eigenvalue weighted by Crippen LogP contribution is -2.59. The molecule has 0 aliphatic carbocycles. The van der Waals surface area contributed by atoms with Crippen LogP contribution in [0.5, 0.6) is 5.75 Å². The molecular weight excluding hydrogens is 328 g/mol. The van der Waals surface area contributed by atoms with Crippen molar-refractivity contribution in [3.63, 3.8) is 0 Å². The van der Waals surface area contributed by atoms with Gasteiger partial charge in [-0.25, -0.2) is 0 Å². The van der Waals surface area contributed by atoms with Crippen LogP contribution in [0.25, 0.3) is 0 Å². The van der Waals surface area contributed by atoms with Crippen molar-refractivity contribution in [1.29, 1.82) is 5.26 Å². The Bertz CT molecular complexity index is 886. The van der Waals surface area contributed by atoms with E-state index in [4.69, 9.17) is 9.47 Å². The molecule has 0 unspecified atom stereocenters. The fraction of sp³-hybridized carbons (Fsp3) is 0.333. The number of hydrogen-bond donors (Lipinski definition) is 0. The smallest absolute Gasteiger partial charge is 0.254 e. The van der Waals surface area contributed by atoms with E-state index in [1.807, 2.05) is 61.2 Å². The SMILES string of the molecule is CC1(C)Oc2ccc(C#N)cc2[C@@H]2[C@H]1OCCN2C(=O)c1ccccc1. The van der Waals surface area contributed by atoms with Crippen LogP contribution in [0, 0.1) is 11.3 Å². The molecule has 2 atom stereocenters. The lowest BCUT2D eigenvalue weighted by molar-refractivity contribution is -0.151. The van der Waals surface area contributed by atoms with Crippen LogP contribution < -0.4 is 4.74 Å². The van der Waals surface area contributed by atoms with E-state index in [0.29, 0.717) is 30.0 Å². The summed E-state index contributed by atoms with van der Waals surface area (Å²) < 4.78 is 12.2. The molecule has 5 heteroatoms. The predicted molar refractivity (Wildman–Crippen MR) is 95.8 cm³/mol. The number of carbonyl (C=O) groups is 1. The first-order valence-electron chi connectivity index (χ1n) is 8.72. The highest BCUT2D eigenvalue weighted by Gasteiger charge is 2.50. The maximum atomic E-state index is 13.2. The fourth-order valence-electron chi connectivity index (χ4n) is 3.84. The number of amides is 1. The number of morpholine rings is 1. The number of fused-ring (bicyclic) bond motifs is 3. The number of nitrogens with zero attached hydrogens (tertiary/aromatic N) is 2. The second kappa shape index (κ2) is 6.15. The minimum absolute atomic E-state index is 0.0325. The van der Waals surface area contributed by atoms with E-state index in [-0.39, 0.29) is 18.1 Å². The van der Waals surface area contributed by atoms with Gasteiger partial charge in [-0.05, 0) is 44.2 Å². The molecule has 2 aromatic rings. The number of carbonyl (C=O) groups excluding carboxylic acids is 1. The van der Waals surface area contributed by atoms with Crippen LogP contribution in [0.3, 0.4) is 0 Å². The van der Waals surface area contributed by atoms with Crippen molar-refractivity contribution >= 4 is 5.91 Å². The summed E-state index contributed by atoms with van der Waals surface area (Å²) in [5.74, 6) is 0.668. The molecule has 0 N–H and O–H groups in total. The first-order chi connectivity index (χ1) is 12.5. The van der Waals surface area contributed by atoms with Gasteiger partial charge in [0.15, 0.2) is 0 Å². The zero-order valence-corrected chi connectivity index (χ0v) is 14.8. The molecule has 1 saturated heterocycles. The molecule has 2 heterocycles. The number of hydrogen-bond acceptors (Lipinski definition) is 4. The quantitative estimate of drug-likeness (QED) is 0.793. The van der Waals surface area contributed by atoms with Gasteiger partial charge in [0.1, 0.15) is 17.5 Å². The van der Waals surface area contributed by atoms with Crippen molar-refractivity contribution in [3.05, 3.63) is 65.2 Å². The van der Waals surface area contributed by atoms with E-state index in [2.05, 4.69) is 6.07 Å². The molecule has 0 bridgehead atoms. The summed E-state index contributed by atoms with van der Waals surface area (Å²) in [7, 11) is 0. The molecule has 2 aliphatic rings. The molecule has 4 rings (SSSR count). The summed E-state index contributed by atoms with van der Waals surface area (Å²) in [5, 5.41) is 9.29. The Hall–Kier alpha value is -2.84. The standard InChI is InChI=1S/C21H20N2O3/c1-21(2)19-18(16-12-14(13-22)8-9-17(16)26-21)23(10-11-25-19)20(24)15-6-4-3-5-7-15/h3-9,12,18-19H,10-11H2,1-2H3/t18-,19-/m1/s1. The van der Waals surface area contributed by atoms with Crippen molar-refractivity contribution in [1.82, 2.24) is 4.90 Å². The van der Waals surface area contributed by atoms with Crippen molar-refractivity contribution < 1.29 is 14.3 Å². The molecular formula is C21H20N2O3. The highest BCUT2D eigenvalue weighted by Crippen LogP contribution is 2.46. The summed E-state index contributed by atoms with van der Waals surface area (Å²) in [6, 6.07) is 16.5. The van der Waals surface area contributed by atoms with E-state index < -0.39 is 5.60 Å². The van der Waals surface area contributed by atoms with E-state index in [9.17, 15) is 10.1 Å². The molecule has 0 radical (unpaired) electrons. The van der Waals surface area contributed by atoms with E-state index in [0.717, 1.165) is 5.56 Å². The average Bonchev–Trinajstić information content (AvgIpc) is 2.67. The maximum Gasteiger partial charge on any atom is 0.254 e. The van der Waals surface area contributed by atoms with Gasteiger partial charge in [0, 0.05) is 17.7 Å². The Balaban J connectivity index is 1.82. The molecule has 132 valence electrons. The van der Waals surface area contributed by atoms with Crippen LogP contribution >= 0.6 is 0 Å². The minimum Gasteiger partial charge on any atom is -0.485 e. The summed E-state index contributed by atoms with van der Waals surface area (Å²) in [6.07, 6.45) is -0.301. The molecule has 0 spiro atoms. The van der Waals surface area contributed by atoms with Crippen molar-refractivity contribution in [2.45, 2.75) is 31.6 Å². The number of rotatable bonds is 1. The third kappa shape index (κ3) is 2.63. The minimum atomic E-state index is -0.582. The highest BCUT2D eigenvalue weighted by atomic mass is 16.6. The zero-order valence-electron chi connectivity index (χ0n) is 14.8. The maximum absolute atomic E-state index is 13.2. The van der Waals surface area contributed by atoms with Gasteiger partial charge >= 0.3 is 0 Å². The molecule has 1 fully saturated rings. The Kier molecular flexibility index (Phi) is 3.93. The van der Waals surface area contributed by atoms with Crippen molar-refractivity contribution in [2.75, 3.05) is 13.2 Å². The van der Waals surface area contributed by atoms with E-state index in [1.165, 1.54) is 0 Å². The molecule has 0 aromatic heterocycles. The van der Waals surface area contributed by atoms with E-state index >= 15 is 0 Å². The molecule has 26 heavy (non-hydrogen) atoms. The Labute approximate surface area is 152 Å². The molecule has 1 amide bonds.